The predicted molar refractivity (Wildman–Crippen MR) is 135 cm³/mol. The molecule has 10 heteroatoms. The summed E-state index contributed by atoms with van der Waals surface area (Å²) in [7, 11) is -2.28. The third-order valence-electron chi connectivity index (χ3n) is 5.47. The number of ether oxygens (including phenoxy) is 1. The Morgan fingerprint density at radius 2 is 1.65 bits per heavy atom. The number of hydrogen-bond acceptors (Lipinski definition) is 5. The zero-order valence-electron chi connectivity index (χ0n) is 20.1. The van der Waals surface area contributed by atoms with Crippen molar-refractivity contribution in [2.24, 2.45) is 0 Å². The molecule has 1 N–H and O–H groups in total. The molecule has 0 aliphatic rings. The molecule has 0 saturated carbocycles. The van der Waals surface area contributed by atoms with E-state index in [1.807, 2.05) is 13.8 Å². The molecule has 2 rings (SSSR count). The number of rotatable bonds is 11. The second-order valence-electron chi connectivity index (χ2n) is 8.11. The third kappa shape index (κ3) is 7.63. The molecule has 0 heterocycles. The summed E-state index contributed by atoms with van der Waals surface area (Å²) in [4.78, 5) is 27.7. The van der Waals surface area contributed by atoms with E-state index >= 15 is 0 Å². The number of sulfonamides is 1. The van der Waals surface area contributed by atoms with Crippen LogP contribution in [-0.4, -0.2) is 57.1 Å². The van der Waals surface area contributed by atoms with Crippen molar-refractivity contribution < 1.29 is 22.7 Å². The smallest absolute Gasteiger partial charge is 0.244 e. The van der Waals surface area contributed by atoms with Gasteiger partial charge >= 0.3 is 0 Å². The first kappa shape index (κ1) is 27.5. The van der Waals surface area contributed by atoms with Gasteiger partial charge in [0.2, 0.25) is 21.8 Å². The quantitative estimate of drug-likeness (QED) is 0.500. The molecule has 2 amide bonds. The molecular weight excluding hydrogens is 478 g/mol. The largest absolute Gasteiger partial charge is 0.497 e. The maximum Gasteiger partial charge on any atom is 0.244 e. The van der Waals surface area contributed by atoms with Crippen molar-refractivity contribution in [1.29, 1.82) is 0 Å². The van der Waals surface area contributed by atoms with Crippen LogP contribution in [0.25, 0.3) is 0 Å². The number of methoxy groups -OCH3 is 1. The number of nitrogens with zero attached hydrogens (tertiary/aromatic N) is 2. The van der Waals surface area contributed by atoms with Crippen molar-refractivity contribution in [3.63, 3.8) is 0 Å². The van der Waals surface area contributed by atoms with Crippen LogP contribution in [0.3, 0.4) is 0 Å². The molecule has 0 fully saturated rings. The molecule has 0 aliphatic carbocycles. The van der Waals surface area contributed by atoms with E-state index in [1.54, 1.807) is 55.5 Å². The van der Waals surface area contributed by atoms with Crippen molar-refractivity contribution in [3.05, 3.63) is 59.1 Å². The number of benzene rings is 2. The number of carbonyl (C=O) groups is 2. The van der Waals surface area contributed by atoms with Crippen molar-refractivity contribution in [3.8, 4) is 5.75 Å². The Morgan fingerprint density at radius 3 is 2.15 bits per heavy atom. The van der Waals surface area contributed by atoms with Crippen LogP contribution in [0.15, 0.2) is 48.5 Å². The lowest BCUT2D eigenvalue weighted by Gasteiger charge is -2.32. The lowest BCUT2D eigenvalue weighted by atomic mass is 10.1. The molecule has 0 saturated heterocycles. The molecule has 2 aromatic rings. The minimum Gasteiger partial charge on any atom is -0.497 e. The molecular formula is C24H32ClN3O5S. The highest BCUT2D eigenvalue weighted by Crippen LogP contribution is 2.22. The lowest BCUT2D eigenvalue weighted by molar-refractivity contribution is -0.139. The summed E-state index contributed by atoms with van der Waals surface area (Å²) < 4.78 is 31.3. The SMILES string of the molecule is CC[C@@H](C)NC(=O)[C@@H](C)N(Cc1ccc(Cl)cc1)C(=O)CN(c1ccc(OC)cc1)S(C)(=O)=O. The van der Waals surface area contributed by atoms with Crippen LogP contribution >= 0.6 is 11.6 Å². The van der Waals surface area contributed by atoms with Crippen LogP contribution in [0, 0.1) is 0 Å². The van der Waals surface area contributed by atoms with Gasteiger partial charge < -0.3 is 15.0 Å². The van der Waals surface area contributed by atoms with Gasteiger partial charge in [0, 0.05) is 17.6 Å². The standard InChI is InChI=1S/C24H32ClN3O5S/c1-6-17(2)26-24(30)18(3)27(15-19-7-9-20(25)10-8-19)23(29)16-28(34(5,31)32)21-11-13-22(33-4)14-12-21/h7-14,17-18H,6,15-16H2,1-5H3,(H,26,30)/t17-,18-/m1/s1. The first-order chi connectivity index (χ1) is 16.0. The number of carbonyl (C=O) groups excluding carboxylic acids is 2. The normalized spacial score (nSPS) is 13.0. The zero-order chi connectivity index (χ0) is 25.5. The van der Waals surface area contributed by atoms with E-state index in [0.29, 0.717) is 16.5 Å². The van der Waals surface area contributed by atoms with Gasteiger partial charge in [-0.2, -0.15) is 0 Å². The average molecular weight is 510 g/mol. The monoisotopic (exact) mass is 509 g/mol. The lowest BCUT2D eigenvalue weighted by Crippen LogP contribution is -2.52. The van der Waals surface area contributed by atoms with E-state index in [4.69, 9.17) is 16.3 Å². The van der Waals surface area contributed by atoms with Crippen LogP contribution in [0.1, 0.15) is 32.8 Å². The molecule has 0 aromatic heterocycles. The molecule has 8 nitrogen and oxygen atoms in total. The minimum atomic E-state index is -3.79. The van der Waals surface area contributed by atoms with Crippen LogP contribution in [0.5, 0.6) is 5.75 Å². The fourth-order valence-electron chi connectivity index (χ4n) is 3.20. The first-order valence-electron chi connectivity index (χ1n) is 10.9. The second-order valence-corrected chi connectivity index (χ2v) is 10.5. The van der Waals surface area contributed by atoms with Crippen molar-refractivity contribution in [1.82, 2.24) is 10.2 Å². The summed E-state index contributed by atoms with van der Waals surface area (Å²) in [6, 6.07) is 12.4. The minimum absolute atomic E-state index is 0.0609. The number of anilines is 1. The van der Waals surface area contributed by atoms with E-state index < -0.39 is 28.5 Å². The molecule has 34 heavy (non-hydrogen) atoms. The fourth-order valence-corrected chi connectivity index (χ4v) is 4.17. The second kappa shape index (κ2) is 12.1. The van der Waals surface area contributed by atoms with E-state index in [2.05, 4.69) is 5.32 Å². The van der Waals surface area contributed by atoms with Crippen molar-refractivity contribution >= 4 is 39.1 Å². The Hall–Kier alpha value is -2.78. The molecule has 2 atom stereocenters. The highest BCUT2D eigenvalue weighted by atomic mass is 35.5. The molecule has 0 aliphatic heterocycles. The van der Waals surface area contributed by atoms with E-state index in [-0.39, 0.29) is 18.5 Å². The van der Waals surface area contributed by atoms with Gasteiger partial charge in [0.05, 0.1) is 19.1 Å². The topological polar surface area (TPSA) is 96.0 Å². The molecule has 2 aromatic carbocycles. The zero-order valence-corrected chi connectivity index (χ0v) is 21.7. The number of halogens is 1. The van der Waals surface area contributed by atoms with Crippen LogP contribution in [-0.2, 0) is 26.2 Å². The van der Waals surface area contributed by atoms with Crippen LogP contribution < -0.4 is 14.4 Å². The van der Waals surface area contributed by atoms with E-state index in [1.165, 1.54) is 12.0 Å². The Balaban J connectivity index is 2.36. The molecule has 0 bridgehead atoms. The van der Waals surface area contributed by atoms with Gasteiger partial charge in [-0.05, 0) is 62.2 Å². The fraction of sp³-hybridized carbons (Fsp3) is 0.417. The van der Waals surface area contributed by atoms with E-state index in [9.17, 15) is 18.0 Å². The Labute approximate surface area is 206 Å². The van der Waals surface area contributed by atoms with Gasteiger partial charge in [-0.25, -0.2) is 8.42 Å². The van der Waals surface area contributed by atoms with Crippen molar-refractivity contribution in [2.45, 2.75) is 45.8 Å². The predicted octanol–water partition coefficient (Wildman–Crippen LogP) is 3.45. The number of nitrogens with one attached hydrogen (secondary N) is 1. The summed E-state index contributed by atoms with van der Waals surface area (Å²) in [5, 5.41) is 3.44. The molecule has 0 unspecified atom stereocenters. The highest BCUT2D eigenvalue weighted by Gasteiger charge is 2.30. The first-order valence-corrected chi connectivity index (χ1v) is 13.1. The van der Waals surface area contributed by atoms with Crippen molar-refractivity contribution in [2.75, 3.05) is 24.2 Å². The van der Waals surface area contributed by atoms with E-state index in [0.717, 1.165) is 22.5 Å². The van der Waals surface area contributed by atoms with Gasteiger partial charge in [0.25, 0.3) is 0 Å². The van der Waals surface area contributed by atoms with Gasteiger partial charge in [-0.15, -0.1) is 0 Å². The van der Waals surface area contributed by atoms with Gasteiger partial charge in [-0.1, -0.05) is 30.7 Å². The maximum absolute atomic E-state index is 13.5. The number of amides is 2. The highest BCUT2D eigenvalue weighted by molar-refractivity contribution is 7.92. The third-order valence-corrected chi connectivity index (χ3v) is 6.87. The maximum atomic E-state index is 13.5. The molecule has 0 spiro atoms. The Kier molecular flexibility index (Phi) is 9.76. The van der Waals surface area contributed by atoms with Gasteiger partial charge in [0.1, 0.15) is 18.3 Å². The molecule has 186 valence electrons. The number of hydrogen-bond donors (Lipinski definition) is 1. The summed E-state index contributed by atoms with van der Waals surface area (Å²) in [5.41, 5.74) is 1.08. The van der Waals surface area contributed by atoms with Crippen LogP contribution in [0.4, 0.5) is 5.69 Å². The summed E-state index contributed by atoms with van der Waals surface area (Å²) in [5.74, 6) is -0.266. The van der Waals surface area contributed by atoms with Gasteiger partial charge in [0.15, 0.2) is 0 Å². The Bertz CT molecular complexity index is 1070. The summed E-state index contributed by atoms with van der Waals surface area (Å²) >= 11 is 5.98. The average Bonchev–Trinajstić information content (AvgIpc) is 2.80. The molecule has 0 radical (unpaired) electrons. The van der Waals surface area contributed by atoms with Crippen LogP contribution in [0.2, 0.25) is 5.02 Å². The summed E-state index contributed by atoms with van der Waals surface area (Å²) in [6.07, 6.45) is 1.77. The van der Waals surface area contributed by atoms with Gasteiger partial charge in [-0.3, -0.25) is 13.9 Å². The Morgan fingerprint density at radius 1 is 1.06 bits per heavy atom. The summed E-state index contributed by atoms with van der Waals surface area (Å²) in [6.45, 7) is 5.12.